The highest BCUT2D eigenvalue weighted by molar-refractivity contribution is 5.00. The molecular formula is C14H27N. The van der Waals surface area contributed by atoms with Crippen LogP contribution >= 0.6 is 0 Å². The summed E-state index contributed by atoms with van der Waals surface area (Å²) in [4.78, 5) is 2.50. The molecule has 1 aliphatic heterocycles. The van der Waals surface area contributed by atoms with Gasteiger partial charge in [-0.05, 0) is 30.1 Å². The van der Waals surface area contributed by atoms with Gasteiger partial charge in [0.05, 0.1) is 0 Å². The first-order chi connectivity index (χ1) is 6.79. The fraction of sp³-hybridized carbons (Fsp3) is 0.857. The van der Waals surface area contributed by atoms with Crippen molar-refractivity contribution in [2.24, 2.45) is 17.3 Å². The SMILES string of the molecule is C=C(CC(C)(C)C)N1CCC(C(C)C)C1. The summed E-state index contributed by atoms with van der Waals surface area (Å²) in [7, 11) is 0. The van der Waals surface area contributed by atoms with E-state index < -0.39 is 0 Å². The van der Waals surface area contributed by atoms with Crippen LogP contribution in [0.3, 0.4) is 0 Å². The van der Waals surface area contributed by atoms with Gasteiger partial charge in [-0.2, -0.15) is 0 Å². The van der Waals surface area contributed by atoms with Crippen LogP contribution in [0.1, 0.15) is 47.5 Å². The summed E-state index contributed by atoms with van der Waals surface area (Å²) in [6.45, 7) is 18.2. The molecule has 15 heavy (non-hydrogen) atoms. The Hall–Kier alpha value is -0.460. The predicted molar refractivity (Wildman–Crippen MR) is 67.7 cm³/mol. The quantitative estimate of drug-likeness (QED) is 0.681. The lowest BCUT2D eigenvalue weighted by Gasteiger charge is -2.27. The molecule has 1 unspecified atom stereocenters. The minimum Gasteiger partial charge on any atom is -0.375 e. The molecule has 0 N–H and O–H groups in total. The summed E-state index contributed by atoms with van der Waals surface area (Å²) >= 11 is 0. The first-order valence-corrected chi connectivity index (χ1v) is 6.22. The number of rotatable bonds is 3. The monoisotopic (exact) mass is 209 g/mol. The molecule has 0 saturated carbocycles. The van der Waals surface area contributed by atoms with Gasteiger partial charge in [0.25, 0.3) is 0 Å². The molecule has 1 fully saturated rings. The molecule has 0 bridgehead atoms. The van der Waals surface area contributed by atoms with Crippen LogP contribution in [0, 0.1) is 17.3 Å². The predicted octanol–water partition coefficient (Wildman–Crippen LogP) is 3.91. The lowest BCUT2D eigenvalue weighted by molar-refractivity contribution is 0.309. The van der Waals surface area contributed by atoms with Crippen LogP contribution in [0.2, 0.25) is 0 Å². The van der Waals surface area contributed by atoms with Crippen LogP contribution in [-0.4, -0.2) is 18.0 Å². The van der Waals surface area contributed by atoms with E-state index in [-0.39, 0.29) is 0 Å². The van der Waals surface area contributed by atoms with Crippen molar-refractivity contribution in [3.63, 3.8) is 0 Å². The van der Waals surface area contributed by atoms with E-state index in [9.17, 15) is 0 Å². The van der Waals surface area contributed by atoms with E-state index in [1.807, 2.05) is 0 Å². The highest BCUT2D eigenvalue weighted by Gasteiger charge is 2.26. The van der Waals surface area contributed by atoms with Gasteiger partial charge in [0.2, 0.25) is 0 Å². The second kappa shape index (κ2) is 4.59. The number of nitrogens with zero attached hydrogens (tertiary/aromatic N) is 1. The first kappa shape index (κ1) is 12.6. The largest absolute Gasteiger partial charge is 0.375 e. The van der Waals surface area contributed by atoms with Gasteiger partial charge in [-0.1, -0.05) is 41.2 Å². The third-order valence-electron chi connectivity index (χ3n) is 3.35. The third-order valence-corrected chi connectivity index (χ3v) is 3.35. The van der Waals surface area contributed by atoms with Crippen molar-refractivity contribution in [2.45, 2.75) is 47.5 Å². The molecule has 0 radical (unpaired) electrons. The van der Waals surface area contributed by atoms with Crippen LogP contribution in [0.4, 0.5) is 0 Å². The summed E-state index contributed by atoms with van der Waals surface area (Å²) in [6.07, 6.45) is 2.47. The van der Waals surface area contributed by atoms with Gasteiger partial charge in [0, 0.05) is 18.8 Å². The topological polar surface area (TPSA) is 3.24 Å². The van der Waals surface area contributed by atoms with Crippen molar-refractivity contribution in [1.82, 2.24) is 4.90 Å². The highest BCUT2D eigenvalue weighted by atomic mass is 15.2. The average Bonchev–Trinajstić information content (AvgIpc) is 2.47. The Bertz CT molecular complexity index is 222. The summed E-state index contributed by atoms with van der Waals surface area (Å²) in [5.74, 6) is 1.69. The number of hydrogen-bond acceptors (Lipinski definition) is 1. The molecule has 0 aromatic heterocycles. The molecule has 88 valence electrons. The second-order valence-corrected chi connectivity index (χ2v) is 6.54. The molecule has 1 heteroatoms. The van der Waals surface area contributed by atoms with E-state index in [2.05, 4.69) is 46.1 Å². The normalized spacial score (nSPS) is 22.5. The van der Waals surface area contributed by atoms with E-state index in [1.54, 1.807) is 0 Å². The Balaban J connectivity index is 2.44. The third kappa shape index (κ3) is 3.89. The van der Waals surface area contributed by atoms with E-state index >= 15 is 0 Å². The molecule has 0 spiro atoms. The smallest absolute Gasteiger partial charge is 0.0206 e. The zero-order valence-corrected chi connectivity index (χ0v) is 11.1. The molecular weight excluding hydrogens is 182 g/mol. The zero-order chi connectivity index (χ0) is 11.6. The molecule has 1 atom stereocenters. The van der Waals surface area contributed by atoms with Crippen LogP contribution in [0.15, 0.2) is 12.3 Å². The van der Waals surface area contributed by atoms with E-state index in [0.717, 1.165) is 18.3 Å². The maximum Gasteiger partial charge on any atom is 0.0206 e. The second-order valence-electron chi connectivity index (χ2n) is 6.54. The Kier molecular flexibility index (Phi) is 3.86. The summed E-state index contributed by atoms with van der Waals surface area (Å²) in [5, 5.41) is 0. The van der Waals surface area contributed by atoms with Crippen LogP contribution < -0.4 is 0 Å². The molecule has 0 aliphatic carbocycles. The highest BCUT2D eigenvalue weighted by Crippen LogP contribution is 2.31. The van der Waals surface area contributed by atoms with E-state index in [4.69, 9.17) is 0 Å². The summed E-state index contributed by atoms with van der Waals surface area (Å²) in [5.41, 5.74) is 1.71. The molecule has 1 rings (SSSR count). The van der Waals surface area contributed by atoms with Crippen LogP contribution in [0.25, 0.3) is 0 Å². The van der Waals surface area contributed by atoms with Gasteiger partial charge >= 0.3 is 0 Å². The Morgan fingerprint density at radius 1 is 1.40 bits per heavy atom. The lowest BCUT2D eigenvalue weighted by atomic mass is 9.90. The molecule has 1 saturated heterocycles. The van der Waals surface area contributed by atoms with Crippen molar-refractivity contribution < 1.29 is 0 Å². The molecule has 0 aromatic rings. The molecule has 0 aromatic carbocycles. The number of hydrogen-bond donors (Lipinski definition) is 0. The fourth-order valence-electron chi connectivity index (χ4n) is 2.34. The van der Waals surface area contributed by atoms with Crippen molar-refractivity contribution >= 4 is 0 Å². The zero-order valence-electron chi connectivity index (χ0n) is 11.1. The minimum atomic E-state index is 0.368. The van der Waals surface area contributed by atoms with Crippen LogP contribution in [-0.2, 0) is 0 Å². The van der Waals surface area contributed by atoms with Crippen molar-refractivity contribution in [3.05, 3.63) is 12.3 Å². The van der Waals surface area contributed by atoms with Crippen molar-refractivity contribution in [3.8, 4) is 0 Å². The van der Waals surface area contributed by atoms with Gasteiger partial charge in [-0.3, -0.25) is 0 Å². The number of allylic oxidation sites excluding steroid dienone is 1. The van der Waals surface area contributed by atoms with Gasteiger partial charge in [-0.25, -0.2) is 0 Å². The van der Waals surface area contributed by atoms with Gasteiger partial charge in [0.1, 0.15) is 0 Å². The van der Waals surface area contributed by atoms with Gasteiger partial charge < -0.3 is 4.90 Å². The molecule has 0 amide bonds. The van der Waals surface area contributed by atoms with Crippen molar-refractivity contribution in [1.29, 1.82) is 0 Å². The summed E-state index contributed by atoms with van der Waals surface area (Å²) in [6, 6.07) is 0. The fourth-order valence-corrected chi connectivity index (χ4v) is 2.34. The number of likely N-dealkylation sites (tertiary alicyclic amines) is 1. The summed E-state index contributed by atoms with van der Waals surface area (Å²) < 4.78 is 0. The van der Waals surface area contributed by atoms with E-state index in [1.165, 1.54) is 25.2 Å². The minimum absolute atomic E-state index is 0.368. The van der Waals surface area contributed by atoms with Gasteiger partial charge in [0.15, 0.2) is 0 Å². The Morgan fingerprint density at radius 2 is 2.00 bits per heavy atom. The molecule has 1 heterocycles. The molecule has 1 nitrogen and oxygen atoms in total. The maximum atomic E-state index is 4.24. The van der Waals surface area contributed by atoms with E-state index in [0.29, 0.717) is 5.41 Å². The Labute approximate surface area is 95.5 Å². The maximum absolute atomic E-state index is 4.24. The van der Waals surface area contributed by atoms with Crippen LogP contribution in [0.5, 0.6) is 0 Å². The van der Waals surface area contributed by atoms with Crippen molar-refractivity contribution in [2.75, 3.05) is 13.1 Å². The standard InChI is InChI=1S/C14H27N/c1-11(2)13-7-8-15(10-13)12(3)9-14(4,5)6/h11,13H,3,7-10H2,1-2,4-6H3. The average molecular weight is 209 g/mol. The lowest BCUT2D eigenvalue weighted by Crippen LogP contribution is -2.23. The first-order valence-electron chi connectivity index (χ1n) is 6.22. The Morgan fingerprint density at radius 3 is 2.40 bits per heavy atom. The van der Waals surface area contributed by atoms with Gasteiger partial charge in [-0.15, -0.1) is 0 Å². The molecule has 1 aliphatic rings.